The Kier molecular flexibility index (Phi) is 5.98. The second-order valence-corrected chi connectivity index (χ2v) is 6.11. The van der Waals surface area contributed by atoms with E-state index in [9.17, 15) is 9.59 Å². The summed E-state index contributed by atoms with van der Waals surface area (Å²) in [5.74, 6) is -1.38. The molecule has 0 bridgehead atoms. The van der Waals surface area contributed by atoms with Gasteiger partial charge in [0.2, 0.25) is 0 Å². The van der Waals surface area contributed by atoms with Crippen molar-refractivity contribution in [2.24, 2.45) is 5.73 Å². The molecule has 0 fully saturated rings. The minimum Gasteiger partial charge on any atom is -0.449 e. The highest BCUT2D eigenvalue weighted by atomic mass is 35.5. The van der Waals surface area contributed by atoms with Crippen LogP contribution < -0.4 is 5.73 Å². The molecule has 0 saturated carbocycles. The van der Waals surface area contributed by atoms with Crippen LogP contribution >= 0.6 is 11.6 Å². The fourth-order valence-electron chi connectivity index (χ4n) is 2.15. The number of hydrogen-bond acceptors (Lipinski definition) is 4. The largest absolute Gasteiger partial charge is 0.449 e. The number of primary amides is 1. The van der Waals surface area contributed by atoms with Crippen LogP contribution in [0.2, 0.25) is 5.15 Å². The van der Waals surface area contributed by atoms with Crippen LogP contribution in [-0.2, 0) is 20.9 Å². The van der Waals surface area contributed by atoms with Gasteiger partial charge < -0.3 is 10.5 Å². The molecule has 1 atom stereocenters. The minimum atomic E-state index is -0.988. The summed E-state index contributed by atoms with van der Waals surface area (Å²) in [6.07, 6.45) is 1.73. The third kappa shape index (κ3) is 4.93. The molecule has 1 heterocycles. The Hall–Kier alpha value is -2.60. The summed E-state index contributed by atoms with van der Waals surface area (Å²) in [4.78, 5) is 22.6. The molecule has 25 heavy (non-hydrogen) atoms. The lowest BCUT2D eigenvalue weighted by Crippen LogP contribution is -2.29. The SMILES string of the molecule is Cc1ccc(Cn2nc(C)c(/C=C/C(=O)O[C@@H](C)C(N)=O)c2Cl)cc1. The monoisotopic (exact) mass is 361 g/mol. The van der Waals surface area contributed by atoms with E-state index in [0.29, 0.717) is 23.0 Å². The van der Waals surface area contributed by atoms with Gasteiger partial charge in [-0.25, -0.2) is 9.48 Å². The molecule has 7 heteroatoms. The van der Waals surface area contributed by atoms with Gasteiger partial charge in [-0.05, 0) is 32.4 Å². The average Bonchev–Trinajstić information content (AvgIpc) is 2.81. The normalized spacial score (nSPS) is 12.3. The predicted molar refractivity (Wildman–Crippen MR) is 96.0 cm³/mol. The van der Waals surface area contributed by atoms with Crippen molar-refractivity contribution < 1.29 is 14.3 Å². The number of ether oxygens (including phenoxy) is 1. The van der Waals surface area contributed by atoms with Crippen molar-refractivity contribution in [3.63, 3.8) is 0 Å². The maximum atomic E-state index is 11.7. The number of nitrogens with two attached hydrogens (primary N) is 1. The molecule has 1 aromatic carbocycles. The molecule has 0 aliphatic rings. The number of hydrogen-bond donors (Lipinski definition) is 1. The Labute approximate surface area is 151 Å². The number of aromatic nitrogens is 2. The second-order valence-electron chi connectivity index (χ2n) is 5.75. The quantitative estimate of drug-likeness (QED) is 0.633. The van der Waals surface area contributed by atoms with Crippen LogP contribution in [0.1, 0.15) is 29.3 Å². The number of aryl methyl sites for hydroxylation is 2. The summed E-state index contributed by atoms with van der Waals surface area (Å²) in [5.41, 5.74) is 8.61. The Bertz CT molecular complexity index is 810. The van der Waals surface area contributed by atoms with Crippen molar-refractivity contribution in [2.45, 2.75) is 33.4 Å². The molecule has 0 saturated heterocycles. The number of halogens is 1. The molecular weight excluding hydrogens is 342 g/mol. The van der Waals surface area contributed by atoms with E-state index < -0.39 is 18.0 Å². The Balaban J connectivity index is 2.13. The molecule has 0 radical (unpaired) electrons. The lowest BCUT2D eigenvalue weighted by molar-refractivity contribution is -0.148. The molecular formula is C18H20ClN3O3. The predicted octanol–water partition coefficient (Wildman–Crippen LogP) is 2.63. The van der Waals surface area contributed by atoms with Gasteiger partial charge in [-0.1, -0.05) is 41.4 Å². The van der Waals surface area contributed by atoms with Crippen LogP contribution in [0.4, 0.5) is 0 Å². The van der Waals surface area contributed by atoms with E-state index in [1.807, 2.05) is 31.2 Å². The van der Waals surface area contributed by atoms with Gasteiger partial charge in [0.05, 0.1) is 12.2 Å². The van der Waals surface area contributed by atoms with Crippen molar-refractivity contribution >= 4 is 29.6 Å². The van der Waals surface area contributed by atoms with Crippen molar-refractivity contribution in [1.82, 2.24) is 9.78 Å². The van der Waals surface area contributed by atoms with Crippen molar-refractivity contribution in [1.29, 1.82) is 0 Å². The van der Waals surface area contributed by atoms with Gasteiger partial charge >= 0.3 is 5.97 Å². The molecule has 2 rings (SSSR count). The van der Waals surface area contributed by atoms with Gasteiger partial charge in [0.1, 0.15) is 5.15 Å². The third-order valence-electron chi connectivity index (χ3n) is 3.64. The Morgan fingerprint density at radius 2 is 1.96 bits per heavy atom. The van der Waals surface area contributed by atoms with E-state index in [4.69, 9.17) is 22.1 Å². The Morgan fingerprint density at radius 3 is 2.56 bits per heavy atom. The first-order valence-electron chi connectivity index (χ1n) is 7.74. The number of benzene rings is 1. The van der Waals surface area contributed by atoms with Crippen LogP contribution in [0, 0.1) is 13.8 Å². The first-order valence-corrected chi connectivity index (χ1v) is 8.12. The number of rotatable bonds is 6. The van der Waals surface area contributed by atoms with Gasteiger partial charge in [-0.3, -0.25) is 4.79 Å². The molecule has 0 aliphatic heterocycles. The highest BCUT2D eigenvalue weighted by molar-refractivity contribution is 6.31. The molecule has 1 aromatic heterocycles. The molecule has 0 aliphatic carbocycles. The van der Waals surface area contributed by atoms with E-state index in [-0.39, 0.29) is 0 Å². The number of carbonyl (C=O) groups excluding carboxylic acids is 2. The first kappa shape index (κ1) is 18.7. The third-order valence-corrected chi connectivity index (χ3v) is 4.04. The maximum Gasteiger partial charge on any atom is 0.331 e. The van der Waals surface area contributed by atoms with Gasteiger partial charge in [0.15, 0.2) is 6.10 Å². The first-order chi connectivity index (χ1) is 11.8. The van der Waals surface area contributed by atoms with Gasteiger partial charge in [-0.15, -0.1) is 0 Å². The summed E-state index contributed by atoms with van der Waals surface area (Å²) in [6.45, 7) is 5.76. The molecule has 2 aromatic rings. The van der Waals surface area contributed by atoms with E-state index in [0.717, 1.165) is 5.56 Å². The highest BCUT2D eigenvalue weighted by Crippen LogP contribution is 2.22. The van der Waals surface area contributed by atoms with Crippen molar-refractivity contribution in [3.05, 3.63) is 57.9 Å². The fraction of sp³-hybridized carbons (Fsp3) is 0.278. The summed E-state index contributed by atoms with van der Waals surface area (Å²) >= 11 is 6.37. The van der Waals surface area contributed by atoms with Crippen LogP contribution in [0.15, 0.2) is 30.3 Å². The van der Waals surface area contributed by atoms with Crippen molar-refractivity contribution in [2.75, 3.05) is 0 Å². The van der Waals surface area contributed by atoms with Gasteiger partial charge in [0.25, 0.3) is 5.91 Å². The van der Waals surface area contributed by atoms with E-state index >= 15 is 0 Å². The maximum absolute atomic E-state index is 11.7. The van der Waals surface area contributed by atoms with Crippen molar-refractivity contribution in [3.8, 4) is 0 Å². The minimum absolute atomic E-state index is 0.421. The van der Waals surface area contributed by atoms with Crippen LogP contribution in [0.5, 0.6) is 0 Å². The van der Waals surface area contributed by atoms with Crippen LogP contribution in [-0.4, -0.2) is 27.8 Å². The van der Waals surface area contributed by atoms with Gasteiger partial charge in [0, 0.05) is 11.6 Å². The second kappa shape index (κ2) is 7.98. The molecule has 132 valence electrons. The molecule has 0 unspecified atom stereocenters. The Morgan fingerprint density at radius 1 is 1.32 bits per heavy atom. The summed E-state index contributed by atoms with van der Waals surface area (Å²) in [7, 11) is 0. The standard InChI is InChI=1S/C18H20ClN3O3/c1-11-4-6-14(7-5-11)10-22-17(19)15(12(2)21-22)8-9-16(23)25-13(3)18(20)24/h4-9,13H,10H2,1-3H3,(H2,20,24)/b9-8+/t13-/m0/s1. The topological polar surface area (TPSA) is 87.2 Å². The molecule has 1 amide bonds. The van der Waals surface area contributed by atoms with E-state index in [1.54, 1.807) is 11.6 Å². The molecule has 0 spiro atoms. The van der Waals surface area contributed by atoms with E-state index in [2.05, 4.69) is 5.10 Å². The summed E-state index contributed by atoms with van der Waals surface area (Å²) in [5, 5.41) is 4.82. The summed E-state index contributed by atoms with van der Waals surface area (Å²) in [6, 6.07) is 8.08. The zero-order chi connectivity index (χ0) is 18.6. The highest BCUT2D eigenvalue weighted by Gasteiger charge is 2.14. The number of esters is 1. The lowest BCUT2D eigenvalue weighted by Gasteiger charge is -2.06. The number of carbonyl (C=O) groups is 2. The zero-order valence-electron chi connectivity index (χ0n) is 14.3. The van der Waals surface area contributed by atoms with Crippen LogP contribution in [0.3, 0.4) is 0 Å². The fourth-order valence-corrected chi connectivity index (χ4v) is 2.45. The zero-order valence-corrected chi connectivity index (χ0v) is 15.1. The van der Waals surface area contributed by atoms with E-state index in [1.165, 1.54) is 24.6 Å². The lowest BCUT2D eigenvalue weighted by atomic mass is 10.1. The average molecular weight is 362 g/mol. The smallest absolute Gasteiger partial charge is 0.331 e. The molecule has 2 N–H and O–H groups in total. The van der Waals surface area contributed by atoms with Gasteiger partial charge in [-0.2, -0.15) is 5.10 Å². The number of nitrogens with zero attached hydrogens (tertiary/aromatic N) is 2. The molecule has 6 nitrogen and oxygen atoms in total. The van der Waals surface area contributed by atoms with Crippen LogP contribution in [0.25, 0.3) is 6.08 Å². The summed E-state index contributed by atoms with van der Waals surface area (Å²) < 4.78 is 6.52. The number of amides is 1.